The van der Waals surface area contributed by atoms with E-state index in [1.165, 1.54) is 5.56 Å². The van der Waals surface area contributed by atoms with Gasteiger partial charge in [0.15, 0.2) is 0 Å². The molecule has 180 valence electrons. The number of hydrogen-bond donors (Lipinski definition) is 0. The molecule has 0 atom stereocenters. The lowest BCUT2D eigenvalue weighted by molar-refractivity contribution is 0.610. The van der Waals surface area contributed by atoms with Gasteiger partial charge in [-0.15, -0.1) is 5.10 Å². The molecule has 0 aliphatic heterocycles. The van der Waals surface area contributed by atoms with E-state index in [9.17, 15) is 4.79 Å². The Kier molecular flexibility index (Phi) is 5.69. The van der Waals surface area contributed by atoms with Gasteiger partial charge in [-0.05, 0) is 48.2 Å². The van der Waals surface area contributed by atoms with Crippen molar-refractivity contribution in [3.05, 3.63) is 131 Å². The Labute approximate surface area is 214 Å². The van der Waals surface area contributed by atoms with Crippen molar-refractivity contribution in [1.29, 1.82) is 0 Å². The first-order chi connectivity index (χ1) is 18.1. The molecular formula is C31H25N5O. The second kappa shape index (κ2) is 9.32. The molecular weight excluding hydrogens is 458 g/mol. The lowest BCUT2D eigenvalue weighted by atomic mass is 10.0. The zero-order valence-electron chi connectivity index (χ0n) is 20.7. The van der Waals surface area contributed by atoms with E-state index in [1.54, 1.807) is 9.25 Å². The number of fused-ring (bicyclic) bond motifs is 1. The van der Waals surface area contributed by atoms with Crippen molar-refractivity contribution < 1.29 is 0 Å². The molecule has 6 aromatic rings. The van der Waals surface area contributed by atoms with Crippen molar-refractivity contribution >= 4 is 10.9 Å². The van der Waals surface area contributed by atoms with Crippen molar-refractivity contribution in [1.82, 2.24) is 24.5 Å². The number of nitrogens with zero attached hydrogens (tertiary/aromatic N) is 5. The lowest BCUT2D eigenvalue weighted by Crippen LogP contribution is -2.26. The molecule has 0 bridgehead atoms. The fourth-order valence-corrected chi connectivity index (χ4v) is 4.73. The van der Waals surface area contributed by atoms with Gasteiger partial charge in [0.05, 0.1) is 22.8 Å². The molecule has 37 heavy (non-hydrogen) atoms. The molecule has 0 unspecified atom stereocenters. The second-order valence-corrected chi connectivity index (χ2v) is 9.17. The number of para-hydroxylation sites is 1. The molecule has 0 fully saturated rings. The predicted octanol–water partition coefficient (Wildman–Crippen LogP) is 5.98. The van der Waals surface area contributed by atoms with E-state index in [0.29, 0.717) is 23.3 Å². The fraction of sp³-hybridized carbons (Fsp3) is 0.0968. The third kappa shape index (κ3) is 4.23. The minimum atomic E-state index is -0.0794. The van der Waals surface area contributed by atoms with Gasteiger partial charge in [0.1, 0.15) is 18.1 Å². The first-order valence-electron chi connectivity index (χ1n) is 12.2. The zero-order chi connectivity index (χ0) is 25.4. The molecule has 2 aromatic heterocycles. The SMILES string of the molecule is Cc1ccccc1-n1c(Cn2cc(-c3ccc(-c4ccccc4)cc3)nn2)nc2cccc(C)c2c1=O. The summed E-state index contributed by atoms with van der Waals surface area (Å²) in [6, 6.07) is 32.2. The average molecular weight is 484 g/mol. The van der Waals surface area contributed by atoms with Crippen molar-refractivity contribution in [2.24, 2.45) is 0 Å². The van der Waals surface area contributed by atoms with Gasteiger partial charge >= 0.3 is 0 Å². The minimum Gasteiger partial charge on any atom is -0.268 e. The predicted molar refractivity (Wildman–Crippen MR) is 147 cm³/mol. The number of benzene rings is 4. The number of aryl methyl sites for hydroxylation is 2. The van der Waals surface area contributed by atoms with Crippen LogP contribution in [-0.2, 0) is 6.54 Å². The van der Waals surface area contributed by atoms with Crippen LogP contribution in [0.5, 0.6) is 0 Å². The van der Waals surface area contributed by atoms with E-state index >= 15 is 0 Å². The molecule has 0 aliphatic rings. The van der Waals surface area contributed by atoms with E-state index in [-0.39, 0.29) is 5.56 Å². The summed E-state index contributed by atoms with van der Waals surface area (Å²) in [6.07, 6.45) is 1.90. The standard InChI is InChI=1S/C31H25N5O/c1-21-9-6-7-14-28(21)36-29(32-26-13-8-10-22(2)30(26)31(36)37)20-35-19-27(33-34-35)25-17-15-24(16-18-25)23-11-4-3-5-12-23/h3-19H,20H2,1-2H3. The van der Waals surface area contributed by atoms with Gasteiger partial charge in [-0.3, -0.25) is 9.36 Å². The topological polar surface area (TPSA) is 65.6 Å². The molecule has 0 amide bonds. The van der Waals surface area contributed by atoms with Crippen molar-refractivity contribution in [2.75, 3.05) is 0 Å². The van der Waals surface area contributed by atoms with Crippen LogP contribution in [0.15, 0.2) is 108 Å². The van der Waals surface area contributed by atoms with Crippen molar-refractivity contribution in [3.63, 3.8) is 0 Å². The van der Waals surface area contributed by atoms with Gasteiger partial charge in [0.2, 0.25) is 0 Å². The van der Waals surface area contributed by atoms with Crippen molar-refractivity contribution in [2.45, 2.75) is 20.4 Å². The molecule has 6 heteroatoms. The molecule has 0 saturated heterocycles. The van der Waals surface area contributed by atoms with Gasteiger partial charge in [-0.2, -0.15) is 0 Å². The van der Waals surface area contributed by atoms with Gasteiger partial charge in [-0.1, -0.05) is 90.1 Å². The first-order valence-corrected chi connectivity index (χ1v) is 12.2. The molecule has 4 aromatic carbocycles. The Morgan fingerprint density at radius 3 is 2.16 bits per heavy atom. The molecule has 0 saturated carbocycles. The molecule has 0 N–H and O–H groups in total. The second-order valence-electron chi connectivity index (χ2n) is 9.17. The van der Waals surface area contributed by atoms with Gasteiger partial charge in [0.25, 0.3) is 5.56 Å². The van der Waals surface area contributed by atoms with Gasteiger partial charge in [-0.25, -0.2) is 9.67 Å². The van der Waals surface area contributed by atoms with E-state index in [1.807, 2.05) is 80.7 Å². The minimum absolute atomic E-state index is 0.0794. The number of rotatable bonds is 5. The maximum atomic E-state index is 13.8. The van der Waals surface area contributed by atoms with E-state index in [4.69, 9.17) is 4.98 Å². The van der Waals surface area contributed by atoms with Crippen LogP contribution >= 0.6 is 0 Å². The molecule has 0 radical (unpaired) electrons. The summed E-state index contributed by atoms with van der Waals surface area (Å²) in [6.45, 7) is 4.25. The van der Waals surface area contributed by atoms with E-state index < -0.39 is 0 Å². The van der Waals surface area contributed by atoms with Crippen LogP contribution in [0.1, 0.15) is 17.0 Å². The highest BCUT2D eigenvalue weighted by molar-refractivity contribution is 5.81. The highest BCUT2D eigenvalue weighted by Crippen LogP contribution is 2.24. The van der Waals surface area contributed by atoms with Crippen LogP contribution < -0.4 is 5.56 Å². The Bertz CT molecular complexity index is 1780. The van der Waals surface area contributed by atoms with Crippen LogP contribution in [0.3, 0.4) is 0 Å². The smallest absolute Gasteiger partial charge is 0.266 e. The zero-order valence-corrected chi connectivity index (χ0v) is 20.7. The van der Waals surface area contributed by atoms with Gasteiger partial charge in [0, 0.05) is 5.56 Å². The Balaban J connectivity index is 1.39. The van der Waals surface area contributed by atoms with E-state index in [2.05, 4.69) is 46.7 Å². The summed E-state index contributed by atoms with van der Waals surface area (Å²) in [5.41, 5.74) is 7.39. The quantitative estimate of drug-likeness (QED) is 0.303. The lowest BCUT2D eigenvalue weighted by Gasteiger charge is -2.16. The van der Waals surface area contributed by atoms with Crippen LogP contribution in [0, 0.1) is 13.8 Å². The summed E-state index contributed by atoms with van der Waals surface area (Å²) in [5, 5.41) is 9.40. The van der Waals surface area contributed by atoms with Gasteiger partial charge < -0.3 is 0 Å². The summed E-state index contributed by atoms with van der Waals surface area (Å²) in [7, 11) is 0. The summed E-state index contributed by atoms with van der Waals surface area (Å²) in [4.78, 5) is 18.7. The normalized spacial score (nSPS) is 11.2. The third-order valence-electron chi connectivity index (χ3n) is 6.66. The molecule has 6 nitrogen and oxygen atoms in total. The number of aromatic nitrogens is 5. The molecule has 0 aliphatic carbocycles. The van der Waals surface area contributed by atoms with Crippen LogP contribution in [-0.4, -0.2) is 24.5 Å². The Morgan fingerprint density at radius 2 is 1.38 bits per heavy atom. The largest absolute Gasteiger partial charge is 0.268 e. The summed E-state index contributed by atoms with van der Waals surface area (Å²) >= 11 is 0. The molecule has 2 heterocycles. The Morgan fingerprint density at radius 1 is 0.703 bits per heavy atom. The molecule has 0 spiro atoms. The first kappa shape index (κ1) is 22.6. The summed E-state index contributed by atoms with van der Waals surface area (Å²) in [5.74, 6) is 0.605. The average Bonchev–Trinajstić information content (AvgIpc) is 3.39. The monoisotopic (exact) mass is 483 g/mol. The van der Waals surface area contributed by atoms with Crippen molar-refractivity contribution in [3.8, 4) is 28.1 Å². The summed E-state index contributed by atoms with van der Waals surface area (Å²) < 4.78 is 3.44. The maximum Gasteiger partial charge on any atom is 0.266 e. The van der Waals surface area contributed by atoms with Crippen LogP contribution in [0.2, 0.25) is 0 Å². The van der Waals surface area contributed by atoms with Crippen LogP contribution in [0.25, 0.3) is 39.0 Å². The highest BCUT2D eigenvalue weighted by Gasteiger charge is 2.17. The fourth-order valence-electron chi connectivity index (χ4n) is 4.73. The third-order valence-corrected chi connectivity index (χ3v) is 6.66. The number of hydrogen-bond acceptors (Lipinski definition) is 4. The van der Waals surface area contributed by atoms with E-state index in [0.717, 1.165) is 33.6 Å². The Hall–Kier alpha value is -4.84. The van der Waals surface area contributed by atoms with Crippen LogP contribution in [0.4, 0.5) is 0 Å². The molecule has 6 rings (SSSR count). The maximum absolute atomic E-state index is 13.8. The highest BCUT2D eigenvalue weighted by atomic mass is 16.1.